The highest BCUT2D eigenvalue weighted by molar-refractivity contribution is 5.81. The minimum atomic E-state index is -0.451. The summed E-state index contributed by atoms with van der Waals surface area (Å²) in [5, 5.41) is 13.9. The van der Waals surface area contributed by atoms with Gasteiger partial charge in [0.25, 0.3) is 0 Å². The number of nitrogens with zero attached hydrogens (tertiary/aromatic N) is 2. The quantitative estimate of drug-likeness (QED) is 0.356. The fraction of sp³-hybridized carbons (Fsp3) is 0.593. The van der Waals surface area contributed by atoms with E-state index in [-0.39, 0.29) is 17.7 Å². The molecule has 2 fully saturated rings. The van der Waals surface area contributed by atoms with Gasteiger partial charge in [0.2, 0.25) is 5.91 Å². The van der Waals surface area contributed by atoms with Crippen LogP contribution in [0.25, 0.3) is 0 Å². The zero-order chi connectivity index (χ0) is 22.8. The van der Waals surface area contributed by atoms with E-state index in [1.807, 2.05) is 24.3 Å². The first-order valence-corrected chi connectivity index (χ1v) is 12.4. The van der Waals surface area contributed by atoms with Crippen molar-refractivity contribution >= 4 is 5.91 Å². The van der Waals surface area contributed by atoms with E-state index in [0.717, 1.165) is 45.4 Å². The van der Waals surface area contributed by atoms with Gasteiger partial charge in [0.15, 0.2) is 0 Å². The van der Waals surface area contributed by atoms with Crippen LogP contribution in [-0.4, -0.2) is 59.8 Å². The lowest BCUT2D eigenvalue weighted by Crippen LogP contribution is -2.41. The maximum absolute atomic E-state index is 12.8. The predicted octanol–water partition coefficient (Wildman–Crippen LogP) is 4.01. The van der Waals surface area contributed by atoms with Gasteiger partial charge in [-0.1, -0.05) is 56.0 Å². The highest BCUT2D eigenvalue weighted by Crippen LogP contribution is 2.41. The lowest BCUT2D eigenvalue weighted by atomic mass is 9.98. The van der Waals surface area contributed by atoms with Crippen LogP contribution in [-0.2, 0) is 4.79 Å². The van der Waals surface area contributed by atoms with Gasteiger partial charge in [-0.05, 0) is 57.1 Å². The number of amides is 1. The molecule has 32 heavy (non-hydrogen) atoms. The third-order valence-electron chi connectivity index (χ3n) is 6.97. The van der Waals surface area contributed by atoms with Gasteiger partial charge in [0.05, 0.1) is 6.54 Å². The fourth-order valence-corrected chi connectivity index (χ4v) is 4.80. The molecule has 3 aliphatic rings. The Hall–Kier alpha value is -2.11. The summed E-state index contributed by atoms with van der Waals surface area (Å²) in [6.07, 6.45) is 22.2. The van der Waals surface area contributed by atoms with Crippen LogP contribution in [0, 0.1) is 17.8 Å². The zero-order valence-electron chi connectivity index (χ0n) is 19.7. The molecule has 0 aromatic rings. The SMILES string of the molecule is C=C/C=C\C=C(/CNC(=O)C1CC1CCN(CC)C(O)C1C=CC=CC1)N1CCCCC1. The number of likely N-dealkylation sites (tertiary alicyclic amines) is 1. The van der Waals surface area contributed by atoms with Gasteiger partial charge in [-0.15, -0.1) is 0 Å². The summed E-state index contributed by atoms with van der Waals surface area (Å²) in [6.45, 7) is 10.2. The normalized spacial score (nSPS) is 26.5. The first-order chi connectivity index (χ1) is 15.6. The van der Waals surface area contributed by atoms with Crippen LogP contribution in [0.2, 0.25) is 0 Å². The molecule has 1 saturated carbocycles. The van der Waals surface area contributed by atoms with Crippen LogP contribution in [0.5, 0.6) is 0 Å². The minimum absolute atomic E-state index is 0.120. The monoisotopic (exact) mass is 439 g/mol. The lowest BCUT2D eigenvalue weighted by molar-refractivity contribution is -0.122. The van der Waals surface area contributed by atoms with Crippen molar-refractivity contribution in [3.05, 3.63) is 60.9 Å². The summed E-state index contributed by atoms with van der Waals surface area (Å²) >= 11 is 0. The van der Waals surface area contributed by atoms with Crippen molar-refractivity contribution in [2.24, 2.45) is 17.8 Å². The number of hydrogen-bond donors (Lipinski definition) is 2. The third-order valence-corrected chi connectivity index (χ3v) is 6.97. The molecule has 2 aliphatic carbocycles. The average molecular weight is 440 g/mol. The van der Waals surface area contributed by atoms with E-state index in [9.17, 15) is 9.90 Å². The van der Waals surface area contributed by atoms with E-state index >= 15 is 0 Å². The van der Waals surface area contributed by atoms with Crippen molar-refractivity contribution in [1.29, 1.82) is 0 Å². The van der Waals surface area contributed by atoms with E-state index in [4.69, 9.17) is 0 Å². The predicted molar refractivity (Wildman–Crippen MR) is 132 cm³/mol. The lowest BCUT2D eigenvalue weighted by Gasteiger charge is -2.31. The molecule has 1 saturated heterocycles. The van der Waals surface area contributed by atoms with Gasteiger partial charge in [0.1, 0.15) is 6.23 Å². The summed E-state index contributed by atoms with van der Waals surface area (Å²) in [5.74, 6) is 0.888. The molecule has 1 amide bonds. The van der Waals surface area contributed by atoms with Gasteiger partial charge in [0, 0.05) is 37.2 Å². The Labute approximate surface area is 194 Å². The number of nitrogens with one attached hydrogen (secondary N) is 1. The van der Waals surface area contributed by atoms with Gasteiger partial charge in [-0.2, -0.15) is 0 Å². The first kappa shape index (κ1) is 24.5. The van der Waals surface area contributed by atoms with Gasteiger partial charge < -0.3 is 15.3 Å². The molecule has 0 aromatic heterocycles. The van der Waals surface area contributed by atoms with Crippen molar-refractivity contribution in [2.45, 2.75) is 51.7 Å². The second kappa shape index (κ2) is 12.8. The van der Waals surface area contributed by atoms with Crippen LogP contribution in [0.1, 0.15) is 45.4 Å². The number of carbonyl (C=O) groups excluding carboxylic acids is 1. The maximum atomic E-state index is 12.8. The largest absolute Gasteiger partial charge is 0.378 e. The second-order valence-electron chi connectivity index (χ2n) is 9.19. The molecule has 3 rings (SSSR count). The van der Waals surface area contributed by atoms with Gasteiger partial charge in [-0.25, -0.2) is 0 Å². The molecule has 4 unspecified atom stereocenters. The number of carbonyl (C=O) groups is 1. The zero-order valence-corrected chi connectivity index (χ0v) is 19.7. The number of hydrogen-bond acceptors (Lipinski definition) is 4. The molecule has 0 aromatic carbocycles. The standard InChI is InChI=1S/C27H41N3O2/c1-3-5-8-15-24(30-17-11-7-12-18-30)21-28-26(31)25-20-23(25)16-19-29(4-2)27(32)22-13-9-6-10-14-22/h3,5-6,8-10,13,15,22-23,25,27,32H,1,4,7,11-12,14,16-21H2,2H3,(H,28,31)/b8-5-,24-15+. The van der Waals surface area contributed by atoms with Crippen molar-refractivity contribution < 1.29 is 9.90 Å². The topological polar surface area (TPSA) is 55.8 Å². The fourth-order valence-electron chi connectivity index (χ4n) is 4.80. The summed E-state index contributed by atoms with van der Waals surface area (Å²) in [7, 11) is 0. The van der Waals surface area contributed by atoms with Crippen molar-refractivity contribution in [1.82, 2.24) is 15.1 Å². The van der Waals surface area contributed by atoms with Crippen LogP contribution >= 0.6 is 0 Å². The average Bonchev–Trinajstić information content (AvgIpc) is 3.62. The summed E-state index contributed by atoms with van der Waals surface area (Å²) in [4.78, 5) is 17.3. The summed E-state index contributed by atoms with van der Waals surface area (Å²) < 4.78 is 0. The maximum Gasteiger partial charge on any atom is 0.223 e. The molecule has 0 spiro atoms. The molecule has 0 bridgehead atoms. The highest BCUT2D eigenvalue weighted by Gasteiger charge is 2.42. The Morgan fingerprint density at radius 2 is 2.09 bits per heavy atom. The Bertz CT molecular complexity index is 733. The van der Waals surface area contributed by atoms with Crippen molar-refractivity contribution in [2.75, 3.05) is 32.7 Å². The second-order valence-corrected chi connectivity index (χ2v) is 9.19. The Morgan fingerprint density at radius 3 is 2.78 bits per heavy atom. The van der Waals surface area contributed by atoms with Gasteiger partial charge >= 0.3 is 0 Å². The Morgan fingerprint density at radius 1 is 1.28 bits per heavy atom. The number of aliphatic hydroxyl groups is 1. The highest BCUT2D eigenvalue weighted by atomic mass is 16.3. The molecule has 5 heteroatoms. The van der Waals surface area contributed by atoms with E-state index in [1.54, 1.807) is 6.08 Å². The number of rotatable bonds is 12. The molecule has 1 heterocycles. The third kappa shape index (κ3) is 7.21. The van der Waals surface area contributed by atoms with E-state index < -0.39 is 6.23 Å². The molecule has 1 aliphatic heterocycles. The number of allylic oxidation sites excluding steroid dienone is 7. The number of piperidine rings is 1. The summed E-state index contributed by atoms with van der Waals surface area (Å²) in [5.41, 5.74) is 1.18. The van der Waals surface area contributed by atoms with E-state index in [1.165, 1.54) is 25.0 Å². The molecular weight excluding hydrogens is 398 g/mol. The Balaban J connectivity index is 1.43. The molecule has 4 atom stereocenters. The molecule has 2 N–H and O–H groups in total. The Kier molecular flexibility index (Phi) is 9.82. The first-order valence-electron chi connectivity index (χ1n) is 12.4. The van der Waals surface area contributed by atoms with Crippen molar-refractivity contribution in [3.63, 3.8) is 0 Å². The van der Waals surface area contributed by atoms with Crippen LogP contribution in [0.3, 0.4) is 0 Å². The van der Waals surface area contributed by atoms with Gasteiger partial charge in [-0.3, -0.25) is 9.69 Å². The van der Waals surface area contributed by atoms with E-state index in [2.05, 4.69) is 46.8 Å². The molecule has 5 nitrogen and oxygen atoms in total. The minimum Gasteiger partial charge on any atom is -0.378 e. The van der Waals surface area contributed by atoms with E-state index in [0.29, 0.717) is 12.5 Å². The van der Waals surface area contributed by atoms with Crippen LogP contribution in [0.15, 0.2) is 60.9 Å². The number of aliphatic hydroxyl groups excluding tert-OH is 1. The van der Waals surface area contributed by atoms with Crippen molar-refractivity contribution in [3.8, 4) is 0 Å². The molecule has 0 radical (unpaired) electrons. The summed E-state index contributed by atoms with van der Waals surface area (Å²) in [6, 6.07) is 0. The molecular formula is C27H41N3O2. The molecule has 176 valence electrons. The van der Waals surface area contributed by atoms with Crippen LogP contribution in [0.4, 0.5) is 0 Å². The van der Waals surface area contributed by atoms with Crippen LogP contribution < -0.4 is 5.32 Å². The smallest absolute Gasteiger partial charge is 0.223 e.